The van der Waals surface area contributed by atoms with E-state index in [4.69, 9.17) is 9.47 Å². The van der Waals surface area contributed by atoms with E-state index >= 15 is 0 Å². The summed E-state index contributed by atoms with van der Waals surface area (Å²) in [4.78, 5) is 15.8. The number of aliphatic hydroxyl groups is 1. The first-order chi connectivity index (χ1) is 11.1. The molecule has 1 aromatic heterocycles. The number of methoxy groups -OCH3 is 2. The monoisotopic (exact) mass is 317 g/mol. The summed E-state index contributed by atoms with van der Waals surface area (Å²) in [7, 11) is 3.05. The second-order valence-corrected chi connectivity index (χ2v) is 4.67. The van der Waals surface area contributed by atoms with Gasteiger partial charge < -0.3 is 19.9 Å². The SMILES string of the molecule is COc1ccc(OC)c([C@@H](O)CNC(=O)Nc2ccccn2)c1. The van der Waals surface area contributed by atoms with Crippen molar-refractivity contribution in [2.75, 3.05) is 26.1 Å². The van der Waals surface area contributed by atoms with E-state index in [-0.39, 0.29) is 6.54 Å². The molecule has 3 N–H and O–H groups in total. The molecular formula is C16H19N3O4. The molecule has 0 bridgehead atoms. The Bertz CT molecular complexity index is 649. The topological polar surface area (TPSA) is 92.7 Å². The van der Waals surface area contributed by atoms with E-state index in [1.165, 1.54) is 14.2 Å². The molecule has 7 heteroatoms. The zero-order valence-corrected chi connectivity index (χ0v) is 12.9. The first kappa shape index (κ1) is 16.6. The largest absolute Gasteiger partial charge is 0.497 e. The van der Waals surface area contributed by atoms with E-state index in [2.05, 4.69) is 15.6 Å². The molecule has 1 heterocycles. The van der Waals surface area contributed by atoms with Crippen LogP contribution in [0.4, 0.5) is 10.6 Å². The number of carbonyl (C=O) groups excluding carboxylic acids is 1. The molecule has 0 saturated heterocycles. The quantitative estimate of drug-likeness (QED) is 0.757. The lowest BCUT2D eigenvalue weighted by molar-refractivity contribution is 0.170. The minimum atomic E-state index is -0.936. The molecule has 0 radical (unpaired) electrons. The maximum Gasteiger partial charge on any atom is 0.320 e. The molecule has 0 aliphatic heterocycles. The lowest BCUT2D eigenvalue weighted by Crippen LogP contribution is -2.32. The fourth-order valence-corrected chi connectivity index (χ4v) is 2.00. The van der Waals surface area contributed by atoms with E-state index in [9.17, 15) is 9.90 Å². The van der Waals surface area contributed by atoms with Gasteiger partial charge in [-0.25, -0.2) is 9.78 Å². The molecular weight excluding hydrogens is 298 g/mol. The van der Waals surface area contributed by atoms with Gasteiger partial charge in [0.1, 0.15) is 23.4 Å². The van der Waals surface area contributed by atoms with Crippen molar-refractivity contribution in [3.63, 3.8) is 0 Å². The minimum Gasteiger partial charge on any atom is -0.497 e. The summed E-state index contributed by atoms with van der Waals surface area (Å²) in [6, 6.07) is 9.83. The molecule has 2 amide bonds. The van der Waals surface area contributed by atoms with Gasteiger partial charge in [0.15, 0.2) is 0 Å². The summed E-state index contributed by atoms with van der Waals surface area (Å²) in [5.41, 5.74) is 0.532. The number of nitrogens with zero attached hydrogens (tertiary/aromatic N) is 1. The molecule has 0 unspecified atom stereocenters. The van der Waals surface area contributed by atoms with Crippen molar-refractivity contribution < 1.29 is 19.4 Å². The first-order valence-electron chi connectivity index (χ1n) is 7.00. The maximum atomic E-state index is 11.8. The molecule has 0 fully saturated rings. The van der Waals surface area contributed by atoms with Gasteiger partial charge in [0.2, 0.25) is 0 Å². The van der Waals surface area contributed by atoms with E-state index in [0.29, 0.717) is 22.9 Å². The Morgan fingerprint density at radius 3 is 2.74 bits per heavy atom. The number of pyridine rings is 1. The fraction of sp³-hybridized carbons (Fsp3) is 0.250. The summed E-state index contributed by atoms with van der Waals surface area (Å²) in [6.45, 7) is 0.0161. The third-order valence-electron chi connectivity index (χ3n) is 3.16. The summed E-state index contributed by atoms with van der Waals surface area (Å²) < 4.78 is 10.3. The number of carbonyl (C=O) groups is 1. The highest BCUT2D eigenvalue weighted by Crippen LogP contribution is 2.29. The smallest absolute Gasteiger partial charge is 0.320 e. The molecule has 23 heavy (non-hydrogen) atoms. The second kappa shape index (κ2) is 8.00. The number of ether oxygens (including phenoxy) is 2. The number of aliphatic hydroxyl groups excluding tert-OH is 1. The number of urea groups is 1. The Hall–Kier alpha value is -2.80. The molecule has 1 aromatic carbocycles. The third-order valence-corrected chi connectivity index (χ3v) is 3.16. The lowest BCUT2D eigenvalue weighted by atomic mass is 10.1. The number of nitrogens with one attached hydrogen (secondary N) is 2. The molecule has 0 aliphatic carbocycles. The van der Waals surface area contributed by atoms with E-state index < -0.39 is 12.1 Å². The molecule has 0 aliphatic rings. The van der Waals surface area contributed by atoms with E-state index in [1.54, 1.807) is 42.6 Å². The average Bonchev–Trinajstić information content (AvgIpc) is 2.60. The first-order valence-corrected chi connectivity index (χ1v) is 7.00. The van der Waals surface area contributed by atoms with Gasteiger partial charge in [-0.2, -0.15) is 0 Å². The molecule has 2 aromatic rings. The average molecular weight is 317 g/mol. The summed E-state index contributed by atoms with van der Waals surface area (Å²) in [5, 5.41) is 15.4. The third kappa shape index (κ3) is 4.58. The predicted octanol–water partition coefficient (Wildman–Crippen LogP) is 1.95. The standard InChI is InChI=1S/C16H19N3O4/c1-22-11-6-7-14(23-2)12(9-11)13(20)10-18-16(21)19-15-5-3-4-8-17-15/h3-9,13,20H,10H2,1-2H3,(H2,17,18,19,21)/t13-/m0/s1. The van der Waals surface area contributed by atoms with Gasteiger partial charge >= 0.3 is 6.03 Å². The van der Waals surface area contributed by atoms with E-state index in [0.717, 1.165) is 0 Å². The van der Waals surface area contributed by atoms with Crippen LogP contribution < -0.4 is 20.1 Å². The van der Waals surface area contributed by atoms with Crippen molar-refractivity contribution in [2.45, 2.75) is 6.10 Å². The van der Waals surface area contributed by atoms with Crippen LogP contribution in [0.5, 0.6) is 11.5 Å². The van der Waals surface area contributed by atoms with Crippen LogP contribution in [0.3, 0.4) is 0 Å². The van der Waals surface area contributed by atoms with Crippen LogP contribution in [0.15, 0.2) is 42.6 Å². The Balaban J connectivity index is 1.96. The van der Waals surface area contributed by atoms with Crippen LogP contribution in [-0.2, 0) is 0 Å². The van der Waals surface area contributed by atoms with Crippen LogP contribution in [0.2, 0.25) is 0 Å². The molecule has 2 rings (SSSR count). The Morgan fingerprint density at radius 1 is 1.26 bits per heavy atom. The van der Waals surface area contributed by atoms with Crippen molar-refractivity contribution in [3.05, 3.63) is 48.2 Å². The van der Waals surface area contributed by atoms with Crippen molar-refractivity contribution in [3.8, 4) is 11.5 Å². The minimum absolute atomic E-state index is 0.0161. The molecule has 7 nitrogen and oxygen atoms in total. The van der Waals surface area contributed by atoms with Crippen molar-refractivity contribution in [1.82, 2.24) is 10.3 Å². The maximum absolute atomic E-state index is 11.8. The number of hydrogen-bond acceptors (Lipinski definition) is 5. The van der Waals surface area contributed by atoms with Crippen molar-refractivity contribution in [2.24, 2.45) is 0 Å². The molecule has 122 valence electrons. The number of aromatic nitrogens is 1. The highest BCUT2D eigenvalue weighted by molar-refractivity contribution is 5.88. The predicted molar refractivity (Wildman–Crippen MR) is 85.8 cm³/mol. The number of rotatable bonds is 6. The highest BCUT2D eigenvalue weighted by Gasteiger charge is 2.15. The summed E-state index contributed by atoms with van der Waals surface area (Å²) in [5.74, 6) is 1.54. The summed E-state index contributed by atoms with van der Waals surface area (Å²) >= 11 is 0. The fourth-order valence-electron chi connectivity index (χ4n) is 2.00. The van der Waals surface area contributed by atoms with Gasteiger partial charge in [-0.15, -0.1) is 0 Å². The molecule has 1 atom stereocenters. The number of hydrogen-bond donors (Lipinski definition) is 3. The Morgan fingerprint density at radius 2 is 2.09 bits per heavy atom. The Labute approximate surface area is 134 Å². The van der Waals surface area contributed by atoms with Gasteiger partial charge in [0, 0.05) is 18.3 Å². The van der Waals surface area contributed by atoms with Crippen LogP contribution in [0.25, 0.3) is 0 Å². The van der Waals surface area contributed by atoms with Crippen molar-refractivity contribution in [1.29, 1.82) is 0 Å². The number of benzene rings is 1. The number of amides is 2. The van der Waals surface area contributed by atoms with Gasteiger partial charge in [0.25, 0.3) is 0 Å². The van der Waals surface area contributed by atoms with Crippen molar-refractivity contribution >= 4 is 11.8 Å². The van der Waals surface area contributed by atoms with Gasteiger partial charge in [0.05, 0.1) is 14.2 Å². The number of anilines is 1. The normalized spacial score (nSPS) is 11.4. The van der Waals surface area contributed by atoms with Gasteiger partial charge in [-0.3, -0.25) is 5.32 Å². The lowest BCUT2D eigenvalue weighted by Gasteiger charge is -2.16. The summed E-state index contributed by atoms with van der Waals surface area (Å²) in [6.07, 6.45) is 0.639. The highest BCUT2D eigenvalue weighted by atomic mass is 16.5. The van der Waals surface area contributed by atoms with Crippen LogP contribution in [0.1, 0.15) is 11.7 Å². The molecule has 0 spiro atoms. The zero-order valence-electron chi connectivity index (χ0n) is 12.9. The van der Waals surface area contributed by atoms with Crippen LogP contribution in [0, 0.1) is 0 Å². The Kier molecular flexibility index (Phi) is 5.76. The van der Waals surface area contributed by atoms with Crippen LogP contribution in [-0.4, -0.2) is 36.9 Å². The zero-order chi connectivity index (χ0) is 16.7. The molecule has 0 saturated carbocycles. The van der Waals surface area contributed by atoms with Gasteiger partial charge in [-0.1, -0.05) is 6.07 Å². The second-order valence-electron chi connectivity index (χ2n) is 4.67. The van der Waals surface area contributed by atoms with E-state index in [1.807, 2.05) is 0 Å². The van der Waals surface area contributed by atoms with Gasteiger partial charge in [-0.05, 0) is 30.3 Å². The van der Waals surface area contributed by atoms with Crippen LogP contribution >= 0.6 is 0 Å².